The molecule has 12 heteroatoms. The lowest BCUT2D eigenvalue weighted by atomic mass is 10.2. The van der Waals surface area contributed by atoms with E-state index in [1.54, 1.807) is 29.6 Å². The molecule has 152 valence electrons. The first-order valence-electron chi connectivity index (χ1n) is 8.50. The highest BCUT2D eigenvalue weighted by molar-refractivity contribution is 7.94. The minimum atomic E-state index is -3.83. The minimum Gasteiger partial charge on any atom is -0.278 e. The van der Waals surface area contributed by atoms with Crippen LogP contribution in [0.15, 0.2) is 64.2 Å². The van der Waals surface area contributed by atoms with Crippen LogP contribution in [0.5, 0.6) is 0 Å². The van der Waals surface area contributed by atoms with Gasteiger partial charge in [0.25, 0.3) is 21.8 Å². The largest absolute Gasteiger partial charge is 0.278 e. The van der Waals surface area contributed by atoms with Crippen molar-refractivity contribution in [3.63, 3.8) is 0 Å². The first-order chi connectivity index (χ1) is 14.4. The van der Waals surface area contributed by atoms with Gasteiger partial charge in [-0.1, -0.05) is 18.2 Å². The van der Waals surface area contributed by atoms with Crippen LogP contribution in [0.4, 0.5) is 5.69 Å². The number of sulfonamides is 1. The number of thiophene rings is 1. The minimum absolute atomic E-state index is 0.0462. The lowest BCUT2D eigenvalue weighted by Gasteiger charge is -2.12. The fraction of sp³-hybridized carbons (Fsp3) is 0. The van der Waals surface area contributed by atoms with Gasteiger partial charge in [-0.05, 0) is 41.8 Å². The highest BCUT2D eigenvalue weighted by Crippen LogP contribution is 2.22. The second-order valence-electron chi connectivity index (χ2n) is 6.02. The van der Waals surface area contributed by atoms with Gasteiger partial charge in [-0.15, -0.1) is 11.3 Å². The van der Waals surface area contributed by atoms with Gasteiger partial charge in [0, 0.05) is 5.56 Å². The van der Waals surface area contributed by atoms with E-state index >= 15 is 0 Å². The average molecular weight is 442 g/mol. The number of benzene rings is 2. The molecule has 10 nitrogen and oxygen atoms in total. The van der Waals surface area contributed by atoms with Crippen molar-refractivity contribution in [1.82, 2.24) is 26.3 Å². The number of H-pyrrole nitrogens is 1. The van der Waals surface area contributed by atoms with Crippen LogP contribution in [0.25, 0.3) is 11.0 Å². The van der Waals surface area contributed by atoms with Gasteiger partial charge in [0.05, 0.1) is 11.3 Å². The van der Waals surface area contributed by atoms with Crippen molar-refractivity contribution >= 4 is 49.9 Å². The predicted octanol–water partition coefficient (Wildman–Crippen LogP) is 1.89. The molecule has 0 aliphatic carbocycles. The quantitative estimate of drug-likeness (QED) is 0.347. The summed E-state index contributed by atoms with van der Waals surface area (Å²) in [6, 6.07) is 13.8. The van der Waals surface area contributed by atoms with E-state index in [9.17, 15) is 18.0 Å². The molecule has 4 rings (SSSR count). The molecule has 0 radical (unpaired) electrons. The monoisotopic (exact) mass is 442 g/mol. The van der Waals surface area contributed by atoms with Crippen LogP contribution in [0.3, 0.4) is 0 Å². The van der Waals surface area contributed by atoms with Crippen LogP contribution < -0.4 is 15.6 Å². The summed E-state index contributed by atoms with van der Waals surface area (Å²) in [5.41, 5.74) is 6.08. The third-order valence-corrected chi connectivity index (χ3v) is 6.81. The van der Waals surface area contributed by atoms with Gasteiger partial charge >= 0.3 is 0 Å². The van der Waals surface area contributed by atoms with Crippen molar-refractivity contribution in [2.45, 2.75) is 4.21 Å². The van der Waals surface area contributed by atoms with Gasteiger partial charge in [-0.2, -0.15) is 15.4 Å². The number of rotatable bonds is 5. The number of hydrogen-bond acceptors (Lipinski definition) is 7. The molecule has 4 aromatic rings. The van der Waals surface area contributed by atoms with Gasteiger partial charge < -0.3 is 0 Å². The van der Waals surface area contributed by atoms with Gasteiger partial charge in [0.2, 0.25) is 0 Å². The van der Waals surface area contributed by atoms with Crippen molar-refractivity contribution in [3.05, 3.63) is 71.1 Å². The molecule has 0 aliphatic heterocycles. The zero-order chi connectivity index (χ0) is 21.1. The third kappa shape index (κ3) is 3.99. The van der Waals surface area contributed by atoms with E-state index in [0.717, 1.165) is 11.3 Å². The molecule has 0 unspecified atom stereocenters. The van der Waals surface area contributed by atoms with Gasteiger partial charge in [-0.25, -0.2) is 8.42 Å². The molecular formula is C18H14N6O4S2. The molecule has 0 atom stereocenters. The van der Waals surface area contributed by atoms with Crippen LogP contribution in [0.2, 0.25) is 0 Å². The fourth-order valence-electron chi connectivity index (χ4n) is 2.62. The molecule has 0 aliphatic rings. The van der Waals surface area contributed by atoms with E-state index in [1.807, 2.05) is 0 Å². The number of fused-ring (bicyclic) bond motifs is 1. The number of amides is 2. The normalized spacial score (nSPS) is 11.2. The highest BCUT2D eigenvalue weighted by atomic mass is 32.2. The summed E-state index contributed by atoms with van der Waals surface area (Å²) in [6.07, 6.45) is 0. The number of aromatic amines is 1. The highest BCUT2D eigenvalue weighted by Gasteiger charge is 2.20. The van der Waals surface area contributed by atoms with Crippen molar-refractivity contribution in [2.24, 2.45) is 0 Å². The Balaban J connectivity index is 1.48. The average Bonchev–Trinajstić information content (AvgIpc) is 3.43. The van der Waals surface area contributed by atoms with E-state index in [0.29, 0.717) is 11.0 Å². The molecule has 0 spiro atoms. The first kappa shape index (κ1) is 19.5. The lowest BCUT2D eigenvalue weighted by molar-refractivity contribution is 0.0847. The van der Waals surface area contributed by atoms with Crippen LogP contribution in [-0.2, 0) is 10.0 Å². The van der Waals surface area contributed by atoms with E-state index in [2.05, 4.69) is 31.0 Å². The lowest BCUT2D eigenvalue weighted by Crippen LogP contribution is -2.41. The molecule has 2 aromatic carbocycles. The molecule has 4 N–H and O–H groups in total. The molecule has 0 saturated carbocycles. The summed E-state index contributed by atoms with van der Waals surface area (Å²) >= 11 is 1.06. The standard InChI is InChI=1S/C18H14N6O4S2/c25-17(11-7-8-14-15(10-11)20-24-19-14)21-22-18(26)12-4-1-2-5-13(12)23-30(27,28)16-6-3-9-29-16/h1-10,23H,(H,21,25)(H,22,26)(H,19,20,24). The summed E-state index contributed by atoms with van der Waals surface area (Å²) in [7, 11) is -3.83. The number of nitrogens with one attached hydrogen (secondary N) is 4. The summed E-state index contributed by atoms with van der Waals surface area (Å²) in [6.45, 7) is 0. The number of carbonyl (C=O) groups excluding carboxylic acids is 2. The summed E-state index contributed by atoms with van der Waals surface area (Å²) < 4.78 is 27.4. The molecule has 0 saturated heterocycles. The molecule has 2 amide bonds. The second-order valence-corrected chi connectivity index (χ2v) is 8.88. The van der Waals surface area contributed by atoms with Crippen molar-refractivity contribution in [1.29, 1.82) is 0 Å². The van der Waals surface area contributed by atoms with E-state index in [-0.39, 0.29) is 21.0 Å². The number of nitrogens with zero attached hydrogens (tertiary/aromatic N) is 2. The summed E-state index contributed by atoms with van der Waals surface area (Å²) in [5, 5.41) is 11.9. The molecular weight excluding hydrogens is 428 g/mol. The Hall–Kier alpha value is -3.77. The Kier molecular flexibility index (Phi) is 5.16. The first-order valence-corrected chi connectivity index (χ1v) is 10.9. The maximum Gasteiger partial charge on any atom is 0.271 e. The van der Waals surface area contributed by atoms with Crippen LogP contribution in [-0.4, -0.2) is 35.6 Å². The zero-order valence-electron chi connectivity index (χ0n) is 15.1. The maximum atomic E-state index is 12.6. The van der Waals surface area contributed by atoms with Crippen LogP contribution in [0, 0.1) is 0 Å². The number of aromatic nitrogens is 3. The zero-order valence-corrected chi connectivity index (χ0v) is 16.8. The Bertz CT molecular complexity index is 1330. The van der Waals surface area contributed by atoms with Gasteiger partial charge in [-0.3, -0.25) is 25.2 Å². The van der Waals surface area contributed by atoms with Crippen molar-refractivity contribution < 1.29 is 18.0 Å². The number of hydrazine groups is 1. The fourth-order valence-corrected chi connectivity index (χ4v) is 4.69. The number of hydrogen-bond donors (Lipinski definition) is 4. The Morgan fingerprint density at radius 2 is 1.67 bits per heavy atom. The van der Waals surface area contributed by atoms with Gasteiger partial charge in [0.15, 0.2) is 0 Å². The predicted molar refractivity (Wildman–Crippen MR) is 110 cm³/mol. The maximum absolute atomic E-state index is 12.6. The molecule has 0 bridgehead atoms. The molecule has 2 aromatic heterocycles. The molecule has 0 fully saturated rings. The summed E-state index contributed by atoms with van der Waals surface area (Å²) in [5.74, 6) is -1.25. The van der Waals surface area contributed by atoms with E-state index < -0.39 is 21.8 Å². The Morgan fingerprint density at radius 1 is 0.900 bits per heavy atom. The van der Waals surface area contributed by atoms with E-state index in [1.165, 1.54) is 30.3 Å². The Labute approximate surface area is 174 Å². The Morgan fingerprint density at radius 3 is 2.47 bits per heavy atom. The smallest absolute Gasteiger partial charge is 0.271 e. The van der Waals surface area contributed by atoms with Crippen LogP contribution >= 0.6 is 11.3 Å². The van der Waals surface area contributed by atoms with E-state index in [4.69, 9.17) is 0 Å². The number of anilines is 1. The van der Waals surface area contributed by atoms with Crippen LogP contribution in [0.1, 0.15) is 20.7 Å². The van der Waals surface area contributed by atoms with Gasteiger partial charge in [0.1, 0.15) is 15.2 Å². The topological polar surface area (TPSA) is 146 Å². The third-order valence-electron chi connectivity index (χ3n) is 4.04. The van der Waals surface area contributed by atoms with Crippen molar-refractivity contribution in [2.75, 3.05) is 4.72 Å². The SMILES string of the molecule is O=C(NNC(=O)c1ccccc1NS(=O)(=O)c1cccs1)c1ccc2n[nH]nc2c1. The number of para-hydroxylation sites is 1. The van der Waals surface area contributed by atoms with Crippen molar-refractivity contribution in [3.8, 4) is 0 Å². The molecule has 30 heavy (non-hydrogen) atoms. The molecule has 2 heterocycles. The summed E-state index contributed by atoms with van der Waals surface area (Å²) in [4.78, 5) is 24.9. The number of carbonyl (C=O) groups is 2. The second kappa shape index (κ2) is 7.93.